The molecule has 136 valence electrons. The number of aromatic carboxylic acids is 1. The van der Waals surface area contributed by atoms with E-state index in [2.05, 4.69) is 5.10 Å². The minimum absolute atomic E-state index is 0.233. The number of hydrogen-bond acceptors (Lipinski definition) is 4. The molecule has 4 rings (SSSR count). The molecule has 0 unspecified atom stereocenters. The highest BCUT2D eigenvalue weighted by atomic mass is 16.4. The maximum absolute atomic E-state index is 12.9. The SMILES string of the molecule is O=C(O)c1nn(CC(=O)N2CCCc3ccccc32)c(=O)c2ccccc12. The van der Waals surface area contributed by atoms with Crippen LogP contribution in [0.5, 0.6) is 0 Å². The number of carboxylic acids is 1. The standard InChI is InChI=1S/C20H17N3O4/c24-17(22-11-5-7-13-6-1-4-10-16(13)22)12-23-19(25)15-9-3-2-8-14(15)18(21-23)20(26)27/h1-4,6,8-10H,5,7,11-12H2,(H,26,27). The number of aryl methyl sites for hydroxylation is 1. The van der Waals surface area contributed by atoms with Crippen LogP contribution in [0.1, 0.15) is 22.5 Å². The van der Waals surface area contributed by atoms with Gasteiger partial charge in [-0.3, -0.25) is 9.59 Å². The number of anilines is 1. The van der Waals surface area contributed by atoms with E-state index in [1.54, 1.807) is 29.2 Å². The monoisotopic (exact) mass is 363 g/mol. The Labute approximate surface area is 154 Å². The fourth-order valence-corrected chi connectivity index (χ4v) is 3.51. The number of para-hydroxylation sites is 1. The van der Waals surface area contributed by atoms with Gasteiger partial charge in [0.15, 0.2) is 5.69 Å². The molecule has 1 amide bonds. The van der Waals surface area contributed by atoms with Crippen molar-refractivity contribution in [3.05, 3.63) is 70.1 Å². The Kier molecular flexibility index (Phi) is 4.19. The van der Waals surface area contributed by atoms with Crippen LogP contribution >= 0.6 is 0 Å². The molecule has 7 nitrogen and oxygen atoms in total. The molecule has 1 N–H and O–H groups in total. The number of benzene rings is 2. The minimum atomic E-state index is -1.24. The molecule has 0 fully saturated rings. The topological polar surface area (TPSA) is 92.5 Å². The summed E-state index contributed by atoms with van der Waals surface area (Å²) >= 11 is 0. The highest BCUT2D eigenvalue weighted by molar-refractivity contribution is 6.01. The van der Waals surface area contributed by atoms with Crippen molar-refractivity contribution in [2.75, 3.05) is 11.4 Å². The van der Waals surface area contributed by atoms with Crippen molar-refractivity contribution in [2.24, 2.45) is 0 Å². The van der Waals surface area contributed by atoms with Crippen molar-refractivity contribution in [2.45, 2.75) is 19.4 Å². The predicted octanol–water partition coefficient (Wildman–Crippen LogP) is 2.07. The lowest BCUT2D eigenvalue weighted by atomic mass is 10.0. The van der Waals surface area contributed by atoms with Crippen molar-refractivity contribution in [3.8, 4) is 0 Å². The largest absolute Gasteiger partial charge is 0.476 e. The highest BCUT2D eigenvalue weighted by Crippen LogP contribution is 2.26. The molecule has 0 aliphatic carbocycles. The molecule has 7 heteroatoms. The molecule has 0 saturated heterocycles. The van der Waals surface area contributed by atoms with Crippen LogP contribution in [0.25, 0.3) is 10.8 Å². The average Bonchev–Trinajstić information content (AvgIpc) is 2.69. The van der Waals surface area contributed by atoms with E-state index in [1.165, 1.54) is 0 Å². The van der Waals surface area contributed by atoms with Crippen LogP contribution in [0.15, 0.2) is 53.3 Å². The van der Waals surface area contributed by atoms with Crippen LogP contribution in [0, 0.1) is 0 Å². The molecular formula is C20H17N3O4. The van der Waals surface area contributed by atoms with Gasteiger partial charge < -0.3 is 10.0 Å². The molecule has 2 aromatic carbocycles. The van der Waals surface area contributed by atoms with E-state index in [0.717, 1.165) is 28.8 Å². The first-order valence-corrected chi connectivity index (χ1v) is 8.67. The molecule has 1 aromatic heterocycles. The lowest BCUT2D eigenvalue weighted by molar-refractivity contribution is -0.119. The lowest BCUT2D eigenvalue weighted by Crippen LogP contribution is -2.40. The van der Waals surface area contributed by atoms with Gasteiger partial charge in [-0.15, -0.1) is 0 Å². The number of amides is 1. The smallest absolute Gasteiger partial charge is 0.357 e. The van der Waals surface area contributed by atoms with Crippen molar-refractivity contribution >= 4 is 28.3 Å². The first kappa shape index (κ1) is 17.0. The normalized spacial score (nSPS) is 13.4. The van der Waals surface area contributed by atoms with Crippen LogP contribution < -0.4 is 10.5 Å². The molecule has 1 aliphatic rings. The summed E-state index contributed by atoms with van der Waals surface area (Å²) in [4.78, 5) is 38.8. The highest BCUT2D eigenvalue weighted by Gasteiger charge is 2.24. The molecular weight excluding hydrogens is 346 g/mol. The zero-order chi connectivity index (χ0) is 19.0. The quantitative estimate of drug-likeness (QED) is 0.769. The van der Waals surface area contributed by atoms with Crippen LogP contribution in [0.2, 0.25) is 0 Å². The van der Waals surface area contributed by atoms with E-state index in [-0.39, 0.29) is 28.9 Å². The van der Waals surface area contributed by atoms with Gasteiger partial charge >= 0.3 is 5.97 Å². The number of carbonyl (C=O) groups excluding carboxylic acids is 1. The summed E-state index contributed by atoms with van der Waals surface area (Å²) in [5.74, 6) is -1.53. The van der Waals surface area contributed by atoms with Gasteiger partial charge in [0, 0.05) is 17.6 Å². The lowest BCUT2D eigenvalue weighted by Gasteiger charge is -2.29. The van der Waals surface area contributed by atoms with E-state index < -0.39 is 11.5 Å². The van der Waals surface area contributed by atoms with Crippen LogP contribution in [0.3, 0.4) is 0 Å². The minimum Gasteiger partial charge on any atom is -0.476 e. The van der Waals surface area contributed by atoms with Crippen molar-refractivity contribution in [3.63, 3.8) is 0 Å². The fourth-order valence-electron chi connectivity index (χ4n) is 3.51. The number of fused-ring (bicyclic) bond motifs is 2. The number of carboxylic acid groups (broad SMARTS) is 1. The molecule has 0 saturated carbocycles. The van der Waals surface area contributed by atoms with Gasteiger partial charge in [-0.25, -0.2) is 9.48 Å². The second-order valence-electron chi connectivity index (χ2n) is 6.44. The maximum atomic E-state index is 12.9. The average molecular weight is 363 g/mol. The van der Waals surface area contributed by atoms with E-state index in [0.29, 0.717) is 6.54 Å². The molecule has 27 heavy (non-hydrogen) atoms. The Bertz CT molecular complexity index is 1120. The summed E-state index contributed by atoms with van der Waals surface area (Å²) in [6.07, 6.45) is 1.74. The number of rotatable bonds is 3. The summed E-state index contributed by atoms with van der Waals surface area (Å²) in [6.45, 7) is 0.252. The van der Waals surface area contributed by atoms with Crippen molar-refractivity contribution in [1.29, 1.82) is 0 Å². The molecule has 2 heterocycles. The Morgan fingerprint density at radius 2 is 1.74 bits per heavy atom. The summed E-state index contributed by atoms with van der Waals surface area (Å²) in [5, 5.41) is 13.9. The molecule has 3 aromatic rings. The van der Waals surface area contributed by atoms with E-state index in [1.807, 2.05) is 24.3 Å². The summed E-state index contributed by atoms with van der Waals surface area (Å²) in [7, 11) is 0. The predicted molar refractivity (Wildman–Crippen MR) is 100 cm³/mol. The Hall–Kier alpha value is -3.48. The first-order valence-electron chi connectivity index (χ1n) is 8.67. The third-order valence-electron chi connectivity index (χ3n) is 4.77. The van der Waals surface area contributed by atoms with Crippen LogP contribution in [-0.2, 0) is 17.8 Å². The van der Waals surface area contributed by atoms with Gasteiger partial charge in [0.2, 0.25) is 5.91 Å². The van der Waals surface area contributed by atoms with Crippen molar-refractivity contribution < 1.29 is 14.7 Å². The number of hydrogen-bond donors (Lipinski definition) is 1. The van der Waals surface area contributed by atoms with E-state index in [4.69, 9.17) is 0 Å². The van der Waals surface area contributed by atoms with Crippen LogP contribution in [-0.4, -0.2) is 33.3 Å². The fraction of sp³-hybridized carbons (Fsp3) is 0.200. The number of carbonyl (C=O) groups is 2. The van der Waals surface area contributed by atoms with Gasteiger partial charge in [0.05, 0.1) is 5.39 Å². The van der Waals surface area contributed by atoms with Gasteiger partial charge in [-0.1, -0.05) is 36.4 Å². The van der Waals surface area contributed by atoms with Crippen molar-refractivity contribution in [1.82, 2.24) is 9.78 Å². The first-order chi connectivity index (χ1) is 13.1. The molecule has 1 aliphatic heterocycles. The van der Waals surface area contributed by atoms with E-state index >= 15 is 0 Å². The second kappa shape index (κ2) is 6.68. The summed E-state index contributed by atoms with van der Waals surface area (Å²) in [5.41, 5.74) is 1.20. The molecule has 0 spiro atoms. The third-order valence-corrected chi connectivity index (χ3v) is 4.77. The van der Waals surface area contributed by atoms with Gasteiger partial charge in [0.1, 0.15) is 6.54 Å². The Balaban J connectivity index is 1.74. The number of nitrogens with zero attached hydrogens (tertiary/aromatic N) is 3. The van der Waals surface area contributed by atoms with Crippen LogP contribution in [0.4, 0.5) is 5.69 Å². The molecule has 0 atom stereocenters. The summed E-state index contributed by atoms with van der Waals surface area (Å²) in [6, 6.07) is 14.1. The van der Waals surface area contributed by atoms with Gasteiger partial charge in [0.25, 0.3) is 5.56 Å². The van der Waals surface area contributed by atoms with E-state index in [9.17, 15) is 19.5 Å². The number of aromatic nitrogens is 2. The zero-order valence-corrected chi connectivity index (χ0v) is 14.5. The molecule has 0 radical (unpaired) electrons. The van der Waals surface area contributed by atoms with Gasteiger partial charge in [-0.2, -0.15) is 5.10 Å². The Morgan fingerprint density at radius 3 is 2.52 bits per heavy atom. The van der Waals surface area contributed by atoms with Gasteiger partial charge in [-0.05, 0) is 30.5 Å². The third kappa shape index (κ3) is 2.97. The molecule has 0 bridgehead atoms. The zero-order valence-electron chi connectivity index (χ0n) is 14.5. The Morgan fingerprint density at radius 1 is 1.04 bits per heavy atom. The second-order valence-corrected chi connectivity index (χ2v) is 6.44. The maximum Gasteiger partial charge on any atom is 0.357 e. The summed E-state index contributed by atoms with van der Waals surface area (Å²) < 4.78 is 0.950.